The molecule has 2 rings (SSSR count). The second kappa shape index (κ2) is 6.99. The van der Waals surface area contributed by atoms with E-state index in [1.165, 1.54) is 0 Å². The summed E-state index contributed by atoms with van der Waals surface area (Å²) in [6, 6.07) is 0. The molecule has 2 aliphatic rings. The van der Waals surface area contributed by atoms with Gasteiger partial charge in [0.05, 0.1) is 13.2 Å². The zero-order chi connectivity index (χ0) is 17.5. The number of rotatable bonds is 4. The van der Waals surface area contributed by atoms with Crippen LogP contribution in [0.3, 0.4) is 0 Å². The Balaban J connectivity index is 2.87. The van der Waals surface area contributed by atoms with E-state index in [0.717, 1.165) is 6.42 Å². The molecule has 23 heavy (non-hydrogen) atoms. The standard InChI is InChI=1S/C11H30N7O2P3/c1-15(2)21(16(3)4)12-22(17(5)6,18(7)8)14-23(13-21)19-10-9-11-20-23/h9-11H2,1-8H3. The van der Waals surface area contributed by atoms with Gasteiger partial charge in [-0.25, -0.2) is 18.7 Å². The van der Waals surface area contributed by atoms with E-state index in [1.54, 1.807) is 0 Å². The van der Waals surface area contributed by atoms with Gasteiger partial charge in [-0.3, -0.25) is 0 Å². The highest BCUT2D eigenvalue weighted by Crippen LogP contribution is 2.81. The molecule has 0 saturated carbocycles. The van der Waals surface area contributed by atoms with Crippen molar-refractivity contribution in [1.29, 1.82) is 0 Å². The van der Waals surface area contributed by atoms with Gasteiger partial charge in [0, 0.05) is 0 Å². The topological polar surface area (TPSA) is 68.5 Å². The Hall–Kier alpha value is 0.450. The lowest BCUT2D eigenvalue weighted by atomic mass is 10.5. The summed E-state index contributed by atoms with van der Waals surface area (Å²) < 4.78 is 35.9. The van der Waals surface area contributed by atoms with Crippen molar-refractivity contribution < 1.29 is 9.05 Å². The lowest BCUT2D eigenvalue weighted by Gasteiger charge is -2.44. The average Bonchev–Trinajstić information content (AvgIpc) is 2.46. The van der Waals surface area contributed by atoms with Crippen LogP contribution in [0.2, 0.25) is 0 Å². The van der Waals surface area contributed by atoms with Crippen molar-refractivity contribution >= 4 is 22.7 Å². The monoisotopic (exact) mass is 385 g/mol. The van der Waals surface area contributed by atoms with Gasteiger partial charge in [0.25, 0.3) is 0 Å². The second-order valence-electron chi connectivity index (χ2n) is 6.24. The minimum Gasteiger partial charge on any atom is -0.306 e. The van der Waals surface area contributed by atoms with Crippen LogP contribution in [0.15, 0.2) is 13.5 Å². The molecule has 0 unspecified atom stereocenters. The molecule has 0 N–H and O–H groups in total. The van der Waals surface area contributed by atoms with E-state index in [0.29, 0.717) is 13.2 Å². The van der Waals surface area contributed by atoms with Crippen molar-refractivity contribution in [2.24, 2.45) is 13.5 Å². The fourth-order valence-corrected chi connectivity index (χ4v) is 15.7. The Bertz CT molecular complexity index is 561. The maximum absolute atomic E-state index is 6.06. The maximum atomic E-state index is 6.06. The second-order valence-corrected chi connectivity index (χ2v) is 15.2. The maximum Gasteiger partial charge on any atom is 0.345 e. The Morgan fingerprint density at radius 1 is 0.609 bits per heavy atom. The molecule has 0 aromatic rings. The zero-order valence-corrected chi connectivity index (χ0v) is 18.1. The first-order chi connectivity index (χ1) is 10.6. The van der Waals surface area contributed by atoms with Gasteiger partial charge in [-0.1, -0.05) is 0 Å². The molecule has 0 amide bonds. The molecule has 1 spiro atoms. The van der Waals surface area contributed by atoms with Crippen LogP contribution < -0.4 is 0 Å². The molecule has 2 aliphatic heterocycles. The van der Waals surface area contributed by atoms with E-state index in [1.807, 2.05) is 56.4 Å². The van der Waals surface area contributed by atoms with Gasteiger partial charge in [0.2, 0.25) is 15.0 Å². The Morgan fingerprint density at radius 2 is 1.00 bits per heavy atom. The van der Waals surface area contributed by atoms with E-state index < -0.39 is 22.7 Å². The molecule has 0 aromatic heterocycles. The zero-order valence-electron chi connectivity index (χ0n) is 15.4. The molecular weight excluding hydrogens is 355 g/mol. The summed E-state index contributed by atoms with van der Waals surface area (Å²) in [4.78, 5) is 0. The molecule has 136 valence electrons. The summed E-state index contributed by atoms with van der Waals surface area (Å²) in [5, 5.41) is 0. The number of hydrogen-bond acceptors (Lipinski definition) is 9. The van der Waals surface area contributed by atoms with Gasteiger partial charge in [0.15, 0.2) is 0 Å². The Morgan fingerprint density at radius 3 is 1.39 bits per heavy atom. The van der Waals surface area contributed by atoms with Gasteiger partial charge in [-0.2, -0.15) is 13.5 Å². The molecule has 0 radical (unpaired) electrons. The minimum absolute atomic E-state index is 0.641. The normalized spacial score (nSPS) is 25.6. The summed E-state index contributed by atoms with van der Waals surface area (Å²) in [5.41, 5.74) is 0. The predicted molar refractivity (Wildman–Crippen MR) is 99.3 cm³/mol. The molecule has 0 atom stereocenters. The minimum atomic E-state index is -2.65. The van der Waals surface area contributed by atoms with Crippen molar-refractivity contribution in [3.8, 4) is 0 Å². The summed E-state index contributed by atoms with van der Waals surface area (Å²) in [5.74, 6) is 0. The van der Waals surface area contributed by atoms with Crippen LogP contribution in [0.25, 0.3) is 0 Å². The summed E-state index contributed by atoms with van der Waals surface area (Å²) in [6.07, 6.45) is 0.884. The van der Waals surface area contributed by atoms with Crippen molar-refractivity contribution in [3.63, 3.8) is 0 Å². The Kier molecular flexibility index (Phi) is 6.01. The first kappa shape index (κ1) is 19.8. The third kappa shape index (κ3) is 3.41. The molecule has 9 nitrogen and oxygen atoms in total. The highest BCUT2D eigenvalue weighted by molar-refractivity contribution is 7.81. The number of nitrogens with zero attached hydrogens (tertiary/aromatic N) is 7. The smallest absolute Gasteiger partial charge is 0.306 e. The lowest BCUT2D eigenvalue weighted by Crippen LogP contribution is -2.26. The fourth-order valence-electron chi connectivity index (χ4n) is 2.44. The van der Waals surface area contributed by atoms with Crippen molar-refractivity contribution in [2.45, 2.75) is 6.42 Å². The van der Waals surface area contributed by atoms with Gasteiger partial charge >= 0.3 is 7.66 Å². The van der Waals surface area contributed by atoms with Gasteiger partial charge in [0.1, 0.15) is 0 Å². The van der Waals surface area contributed by atoms with E-state index >= 15 is 0 Å². The highest BCUT2D eigenvalue weighted by Gasteiger charge is 2.44. The molecule has 0 aromatic carbocycles. The first-order valence-corrected chi connectivity index (χ1v) is 12.3. The van der Waals surface area contributed by atoms with E-state index in [-0.39, 0.29) is 0 Å². The summed E-state index contributed by atoms with van der Waals surface area (Å²) >= 11 is 0. The van der Waals surface area contributed by atoms with Gasteiger partial charge in [-0.05, 0) is 62.8 Å². The summed E-state index contributed by atoms with van der Waals surface area (Å²) in [6.45, 7) is 1.28. The van der Waals surface area contributed by atoms with Crippen LogP contribution in [0, 0.1) is 0 Å². The van der Waals surface area contributed by atoms with Crippen LogP contribution in [0.4, 0.5) is 0 Å². The molecular formula is C11H30N7O2P3. The van der Waals surface area contributed by atoms with Crippen LogP contribution in [-0.2, 0) is 9.05 Å². The van der Waals surface area contributed by atoms with Crippen LogP contribution >= 0.6 is 22.7 Å². The quantitative estimate of drug-likeness (QED) is 0.690. The van der Waals surface area contributed by atoms with Crippen molar-refractivity contribution in [3.05, 3.63) is 0 Å². The lowest BCUT2D eigenvalue weighted by molar-refractivity contribution is 0.174. The third-order valence-electron chi connectivity index (χ3n) is 3.66. The van der Waals surface area contributed by atoms with Crippen molar-refractivity contribution in [1.82, 2.24) is 18.7 Å². The number of hydrogen-bond donors (Lipinski definition) is 0. The van der Waals surface area contributed by atoms with Crippen LogP contribution in [0.5, 0.6) is 0 Å². The molecule has 0 aliphatic carbocycles. The molecule has 1 fully saturated rings. The summed E-state index contributed by atoms with van der Waals surface area (Å²) in [7, 11) is 8.89. The third-order valence-corrected chi connectivity index (χ3v) is 14.6. The van der Waals surface area contributed by atoms with Gasteiger partial charge < -0.3 is 9.05 Å². The molecule has 12 heteroatoms. The Labute approximate surface area is 140 Å². The highest BCUT2D eigenvalue weighted by atomic mass is 31.3. The fraction of sp³-hybridized carbons (Fsp3) is 1.00. The predicted octanol–water partition coefficient (Wildman–Crippen LogP) is 3.52. The van der Waals surface area contributed by atoms with Crippen LogP contribution in [0.1, 0.15) is 6.42 Å². The largest absolute Gasteiger partial charge is 0.345 e. The SMILES string of the molecule is CN(C)P1(N(C)C)=NP2(=NP(N(C)C)(N(C)C)=N1)OCCCO2. The van der Waals surface area contributed by atoms with E-state index in [9.17, 15) is 0 Å². The average molecular weight is 385 g/mol. The molecule has 0 bridgehead atoms. The van der Waals surface area contributed by atoms with Crippen molar-refractivity contribution in [2.75, 3.05) is 69.6 Å². The first-order valence-electron chi connectivity index (χ1n) is 7.52. The van der Waals surface area contributed by atoms with E-state index in [2.05, 4.69) is 18.7 Å². The van der Waals surface area contributed by atoms with Gasteiger partial charge in [-0.15, -0.1) is 0 Å². The molecule has 2 heterocycles. The van der Waals surface area contributed by atoms with E-state index in [4.69, 9.17) is 22.6 Å². The molecule has 1 saturated heterocycles. The van der Waals surface area contributed by atoms with Crippen LogP contribution in [-0.4, -0.2) is 88.3 Å².